The lowest BCUT2D eigenvalue weighted by Crippen LogP contribution is -2.29. The van der Waals surface area contributed by atoms with Gasteiger partial charge in [-0.3, -0.25) is 0 Å². The standard InChI is InChI=1S/C41H34O2/c42-25-23-31-19-21-33(27-37(31)29-11-3-1-4-12-29)41(39-17-9-7-15-35(39)36-16-8-10-18-40(36)41)34-22-20-32(24-26-43)38(28-34)30-13-5-2-6-14-30/h1-22,27-28,42-43H,23-26H2. The summed E-state index contributed by atoms with van der Waals surface area (Å²) < 4.78 is 0. The van der Waals surface area contributed by atoms with E-state index >= 15 is 0 Å². The normalized spacial score (nSPS) is 13.0. The quantitative estimate of drug-likeness (QED) is 0.196. The fourth-order valence-electron chi connectivity index (χ4n) is 7.09. The lowest BCUT2D eigenvalue weighted by atomic mass is 9.66. The van der Waals surface area contributed by atoms with Crippen LogP contribution in [0.1, 0.15) is 33.4 Å². The van der Waals surface area contributed by atoms with E-state index in [0.717, 1.165) is 33.4 Å². The molecule has 0 radical (unpaired) electrons. The summed E-state index contributed by atoms with van der Waals surface area (Å²) in [5, 5.41) is 19.9. The highest BCUT2D eigenvalue weighted by molar-refractivity contribution is 5.87. The van der Waals surface area contributed by atoms with Crippen LogP contribution in [0, 0.1) is 0 Å². The summed E-state index contributed by atoms with van der Waals surface area (Å²) in [6, 6.07) is 52.3. The highest BCUT2D eigenvalue weighted by Gasteiger charge is 2.46. The first-order chi connectivity index (χ1) is 21.3. The maximum atomic E-state index is 9.95. The van der Waals surface area contributed by atoms with E-state index in [1.165, 1.54) is 33.4 Å². The molecule has 7 rings (SSSR count). The molecule has 0 aliphatic heterocycles. The Labute approximate surface area is 253 Å². The molecule has 0 atom stereocenters. The molecule has 210 valence electrons. The molecule has 6 aromatic carbocycles. The Morgan fingerprint density at radius 1 is 0.395 bits per heavy atom. The molecule has 43 heavy (non-hydrogen) atoms. The Kier molecular flexibility index (Phi) is 7.24. The molecule has 0 unspecified atom stereocenters. The van der Waals surface area contributed by atoms with Crippen LogP contribution in [0.3, 0.4) is 0 Å². The summed E-state index contributed by atoms with van der Waals surface area (Å²) >= 11 is 0. The fraction of sp³-hybridized carbons (Fsp3) is 0.122. The summed E-state index contributed by atoms with van der Waals surface area (Å²) in [7, 11) is 0. The van der Waals surface area contributed by atoms with Crippen molar-refractivity contribution in [3.63, 3.8) is 0 Å². The molecule has 0 saturated heterocycles. The van der Waals surface area contributed by atoms with E-state index in [1.807, 2.05) is 12.1 Å². The molecule has 0 saturated carbocycles. The van der Waals surface area contributed by atoms with Crippen LogP contribution >= 0.6 is 0 Å². The van der Waals surface area contributed by atoms with Crippen molar-refractivity contribution in [1.82, 2.24) is 0 Å². The van der Waals surface area contributed by atoms with Gasteiger partial charge in [0.25, 0.3) is 0 Å². The Hall–Kier alpha value is -4.76. The molecule has 0 fully saturated rings. The third-order valence-electron chi connectivity index (χ3n) is 8.97. The van der Waals surface area contributed by atoms with Crippen molar-refractivity contribution < 1.29 is 10.2 Å². The summed E-state index contributed by atoms with van der Waals surface area (Å²) in [6.07, 6.45) is 1.19. The van der Waals surface area contributed by atoms with Crippen LogP contribution in [0.25, 0.3) is 33.4 Å². The summed E-state index contributed by atoms with van der Waals surface area (Å²) in [5.41, 5.74) is 13.7. The predicted octanol–water partition coefficient (Wildman–Crippen LogP) is 8.45. The first kappa shape index (κ1) is 27.1. The minimum atomic E-state index is -0.560. The minimum absolute atomic E-state index is 0.0999. The maximum absolute atomic E-state index is 9.95. The van der Waals surface area contributed by atoms with Crippen LogP contribution in [0.5, 0.6) is 0 Å². The third-order valence-corrected chi connectivity index (χ3v) is 8.97. The Balaban J connectivity index is 1.58. The van der Waals surface area contributed by atoms with Gasteiger partial charge in [0.05, 0.1) is 5.41 Å². The minimum Gasteiger partial charge on any atom is -0.396 e. The number of aliphatic hydroxyl groups is 2. The second-order valence-electron chi connectivity index (χ2n) is 11.3. The van der Waals surface area contributed by atoms with Crippen LogP contribution in [0.2, 0.25) is 0 Å². The van der Waals surface area contributed by atoms with Crippen molar-refractivity contribution in [2.75, 3.05) is 13.2 Å². The second-order valence-corrected chi connectivity index (χ2v) is 11.3. The van der Waals surface area contributed by atoms with Crippen LogP contribution in [0.15, 0.2) is 146 Å². The molecule has 2 nitrogen and oxygen atoms in total. The number of fused-ring (bicyclic) bond motifs is 3. The molecule has 1 aliphatic rings. The van der Waals surface area contributed by atoms with Crippen LogP contribution < -0.4 is 0 Å². The lowest BCUT2D eigenvalue weighted by molar-refractivity contribution is 0.299. The smallest absolute Gasteiger partial charge is 0.0714 e. The van der Waals surface area contributed by atoms with Crippen molar-refractivity contribution in [3.8, 4) is 33.4 Å². The average molecular weight is 559 g/mol. The Morgan fingerprint density at radius 3 is 1.21 bits per heavy atom. The fourth-order valence-corrected chi connectivity index (χ4v) is 7.09. The molecule has 0 bridgehead atoms. The van der Waals surface area contributed by atoms with E-state index in [2.05, 4.69) is 133 Å². The maximum Gasteiger partial charge on any atom is 0.0714 e. The van der Waals surface area contributed by atoms with E-state index in [1.54, 1.807) is 0 Å². The highest BCUT2D eigenvalue weighted by Crippen LogP contribution is 2.57. The number of hydrogen-bond acceptors (Lipinski definition) is 2. The molecule has 0 spiro atoms. The first-order valence-electron chi connectivity index (χ1n) is 15.0. The van der Waals surface area contributed by atoms with Gasteiger partial charge in [0.2, 0.25) is 0 Å². The van der Waals surface area contributed by atoms with E-state index in [0.29, 0.717) is 12.8 Å². The van der Waals surface area contributed by atoms with Crippen LogP contribution in [-0.4, -0.2) is 23.4 Å². The Morgan fingerprint density at radius 2 is 0.791 bits per heavy atom. The monoisotopic (exact) mass is 558 g/mol. The van der Waals surface area contributed by atoms with Crippen molar-refractivity contribution in [2.45, 2.75) is 18.3 Å². The van der Waals surface area contributed by atoms with Crippen molar-refractivity contribution in [1.29, 1.82) is 0 Å². The predicted molar refractivity (Wildman–Crippen MR) is 176 cm³/mol. The van der Waals surface area contributed by atoms with Crippen LogP contribution in [-0.2, 0) is 18.3 Å². The molecular weight excluding hydrogens is 524 g/mol. The second kappa shape index (κ2) is 11.5. The lowest BCUT2D eigenvalue weighted by Gasteiger charge is -2.35. The van der Waals surface area contributed by atoms with Gasteiger partial charge in [0.1, 0.15) is 0 Å². The molecule has 0 heterocycles. The zero-order valence-electron chi connectivity index (χ0n) is 24.1. The topological polar surface area (TPSA) is 40.5 Å². The molecule has 0 amide bonds. The molecular formula is C41H34O2. The zero-order valence-corrected chi connectivity index (χ0v) is 24.1. The SMILES string of the molecule is OCCc1ccc(C2(c3ccc(CCO)c(-c4ccccc4)c3)c3ccccc3-c3ccccc32)cc1-c1ccccc1. The number of rotatable bonds is 8. The van der Waals surface area contributed by atoms with Crippen LogP contribution in [0.4, 0.5) is 0 Å². The molecule has 1 aliphatic carbocycles. The van der Waals surface area contributed by atoms with Crippen molar-refractivity contribution in [2.24, 2.45) is 0 Å². The highest BCUT2D eigenvalue weighted by atomic mass is 16.3. The van der Waals surface area contributed by atoms with E-state index in [4.69, 9.17) is 0 Å². The van der Waals surface area contributed by atoms with Gasteiger partial charge in [-0.15, -0.1) is 0 Å². The third kappa shape index (κ3) is 4.51. The molecule has 0 aromatic heterocycles. The first-order valence-corrected chi connectivity index (χ1v) is 15.0. The summed E-state index contributed by atoms with van der Waals surface area (Å²) in [6.45, 7) is 0.200. The summed E-state index contributed by atoms with van der Waals surface area (Å²) in [5.74, 6) is 0. The van der Waals surface area contributed by atoms with Crippen molar-refractivity contribution in [3.05, 3.63) is 179 Å². The van der Waals surface area contributed by atoms with Gasteiger partial charge in [-0.25, -0.2) is 0 Å². The average Bonchev–Trinajstić information content (AvgIpc) is 3.37. The Bertz CT molecular complexity index is 1750. The largest absolute Gasteiger partial charge is 0.396 e. The molecule has 2 N–H and O–H groups in total. The van der Waals surface area contributed by atoms with Gasteiger partial charge < -0.3 is 10.2 Å². The van der Waals surface area contributed by atoms with Gasteiger partial charge in [0.15, 0.2) is 0 Å². The van der Waals surface area contributed by atoms with Gasteiger partial charge in [-0.1, -0.05) is 133 Å². The number of hydrogen-bond donors (Lipinski definition) is 2. The summed E-state index contributed by atoms with van der Waals surface area (Å²) in [4.78, 5) is 0. The van der Waals surface area contributed by atoms with Gasteiger partial charge in [0, 0.05) is 13.2 Å². The zero-order chi connectivity index (χ0) is 29.2. The van der Waals surface area contributed by atoms with E-state index in [-0.39, 0.29) is 13.2 Å². The van der Waals surface area contributed by atoms with Gasteiger partial charge in [-0.2, -0.15) is 0 Å². The molecule has 2 heteroatoms. The van der Waals surface area contributed by atoms with Crippen molar-refractivity contribution >= 4 is 0 Å². The van der Waals surface area contributed by atoms with E-state index < -0.39 is 5.41 Å². The molecule has 6 aromatic rings. The number of aliphatic hydroxyl groups excluding tert-OH is 2. The van der Waals surface area contributed by atoms with E-state index in [9.17, 15) is 10.2 Å². The van der Waals surface area contributed by atoms with Gasteiger partial charge in [-0.05, 0) is 91.7 Å². The van der Waals surface area contributed by atoms with Gasteiger partial charge >= 0.3 is 0 Å². The number of benzene rings is 6.